The molecule has 1 heterocycles. The molecule has 1 N–H and O–H groups in total. The van der Waals surface area contributed by atoms with E-state index in [4.69, 9.17) is 4.74 Å². The van der Waals surface area contributed by atoms with Crippen molar-refractivity contribution in [2.75, 3.05) is 6.61 Å². The Hall–Kier alpha value is -0.940. The van der Waals surface area contributed by atoms with Gasteiger partial charge in [-0.15, -0.1) is 11.3 Å². The van der Waals surface area contributed by atoms with E-state index in [1.165, 1.54) is 11.3 Å². The van der Waals surface area contributed by atoms with Gasteiger partial charge in [0.05, 0.1) is 6.61 Å². The summed E-state index contributed by atoms with van der Waals surface area (Å²) in [6.45, 7) is 7.97. The lowest BCUT2D eigenvalue weighted by Gasteiger charge is -2.28. The quantitative estimate of drug-likeness (QED) is 0.801. The number of esters is 1. The van der Waals surface area contributed by atoms with Crippen molar-refractivity contribution in [2.45, 2.75) is 39.3 Å². The monoisotopic (exact) mass is 242 g/mol. The van der Waals surface area contributed by atoms with Crippen molar-refractivity contribution in [2.24, 2.45) is 0 Å². The molecule has 90 valence electrons. The summed E-state index contributed by atoms with van der Waals surface area (Å²) in [7, 11) is 0. The van der Waals surface area contributed by atoms with Crippen LogP contribution in [0.15, 0.2) is 11.6 Å². The summed E-state index contributed by atoms with van der Waals surface area (Å²) >= 11 is 1.45. The molecule has 0 aliphatic carbocycles. The first-order valence-corrected chi connectivity index (χ1v) is 6.23. The summed E-state index contributed by atoms with van der Waals surface area (Å²) in [5, 5.41) is 5.81. The van der Waals surface area contributed by atoms with Crippen molar-refractivity contribution in [3.05, 3.63) is 16.6 Å². The Morgan fingerprint density at radius 3 is 2.81 bits per heavy atom. The topological polar surface area (TPSA) is 51.2 Å². The summed E-state index contributed by atoms with van der Waals surface area (Å²) in [6, 6.07) is 0.179. The number of nitrogens with one attached hydrogen (secondary N) is 1. The first-order chi connectivity index (χ1) is 7.50. The highest BCUT2D eigenvalue weighted by atomic mass is 32.1. The zero-order valence-corrected chi connectivity index (χ0v) is 10.9. The minimum Gasteiger partial charge on any atom is -0.464 e. The lowest BCUT2D eigenvalue weighted by Crippen LogP contribution is -2.50. The lowest BCUT2D eigenvalue weighted by atomic mass is 10.0. The number of carbonyl (C=O) groups excluding carboxylic acids is 1. The van der Waals surface area contributed by atoms with E-state index in [0.717, 1.165) is 5.01 Å². The Bertz CT molecular complexity index is 338. The number of hydrogen-bond donors (Lipinski definition) is 1. The molecule has 5 heteroatoms. The standard InChI is InChI=1S/C11H18N2O2S/c1-5-15-10(14)11(4,13-8(2)3)9-12-6-7-16-9/h6-8,13H,5H2,1-4H3. The predicted octanol–water partition coefficient (Wildman–Crippen LogP) is 1.92. The van der Waals surface area contributed by atoms with Gasteiger partial charge in [-0.2, -0.15) is 0 Å². The minimum atomic E-state index is -0.849. The second-order valence-electron chi connectivity index (χ2n) is 3.98. The lowest BCUT2D eigenvalue weighted by molar-refractivity contribution is -0.151. The maximum atomic E-state index is 12.0. The molecule has 0 bridgehead atoms. The maximum absolute atomic E-state index is 12.0. The zero-order valence-electron chi connectivity index (χ0n) is 10.1. The molecule has 0 aromatic carbocycles. The molecule has 1 atom stereocenters. The average molecular weight is 242 g/mol. The summed E-state index contributed by atoms with van der Waals surface area (Å²) in [6.07, 6.45) is 1.69. The van der Waals surface area contributed by atoms with Gasteiger partial charge in [0.2, 0.25) is 0 Å². The number of ether oxygens (including phenoxy) is 1. The van der Waals surface area contributed by atoms with Gasteiger partial charge in [0.25, 0.3) is 0 Å². The maximum Gasteiger partial charge on any atom is 0.333 e. The molecule has 0 amide bonds. The van der Waals surface area contributed by atoms with Gasteiger partial charge < -0.3 is 4.74 Å². The van der Waals surface area contributed by atoms with Crippen LogP contribution in [0.5, 0.6) is 0 Å². The number of nitrogens with zero attached hydrogens (tertiary/aromatic N) is 1. The Morgan fingerprint density at radius 2 is 2.38 bits per heavy atom. The molecule has 1 unspecified atom stereocenters. The first-order valence-electron chi connectivity index (χ1n) is 5.35. The van der Waals surface area contributed by atoms with E-state index in [1.807, 2.05) is 26.2 Å². The fourth-order valence-electron chi connectivity index (χ4n) is 1.53. The first kappa shape index (κ1) is 13.1. The van der Waals surface area contributed by atoms with Crippen molar-refractivity contribution >= 4 is 17.3 Å². The van der Waals surface area contributed by atoms with E-state index in [-0.39, 0.29) is 12.0 Å². The molecule has 0 aliphatic rings. The van der Waals surface area contributed by atoms with Crippen LogP contribution >= 0.6 is 11.3 Å². The molecular formula is C11H18N2O2S. The highest BCUT2D eigenvalue weighted by Gasteiger charge is 2.39. The van der Waals surface area contributed by atoms with Crippen molar-refractivity contribution in [1.29, 1.82) is 0 Å². The van der Waals surface area contributed by atoms with Crippen LogP contribution in [-0.4, -0.2) is 23.6 Å². The fourth-order valence-corrected chi connectivity index (χ4v) is 2.28. The van der Waals surface area contributed by atoms with Gasteiger partial charge in [-0.05, 0) is 27.7 Å². The highest BCUT2D eigenvalue weighted by Crippen LogP contribution is 2.25. The number of thiazole rings is 1. The van der Waals surface area contributed by atoms with Crippen molar-refractivity contribution < 1.29 is 9.53 Å². The van der Waals surface area contributed by atoms with Crippen molar-refractivity contribution in [3.63, 3.8) is 0 Å². The van der Waals surface area contributed by atoms with E-state index in [2.05, 4.69) is 10.3 Å². The molecule has 1 aromatic rings. The molecule has 0 radical (unpaired) electrons. The molecule has 4 nitrogen and oxygen atoms in total. The molecule has 0 saturated carbocycles. The third-order valence-electron chi connectivity index (χ3n) is 2.12. The highest BCUT2D eigenvalue weighted by molar-refractivity contribution is 7.09. The van der Waals surface area contributed by atoms with Crippen LogP contribution in [0.1, 0.15) is 32.7 Å². The largest absolute Gasteiger partial charge is 0.464 e. The van der Waals surface area contributed by atoms with Crippen molar-refractivity contribution in [3.8, 4) is 0 Å². The predicted molar refractivity (Wildman–Crippen MR) is 64.4 cm³/mol. The summed E-state index contributed by atoms with van der Waals surface area (Å²) < 4.78 is 5.10. The fraction of sp³-hybridized carbons (Fsp3) is 0.636. The Morgan fingerprint density at radius 1 is 1.69 bits per heavy atom. The van der Waals surface area contributed by atoms with E-state index in [1.54, 1.807) is 13.1 Å². The molecule has 1 rings (SSSR count). The summed E-state index contributed by atoms with van der Waals surface area (Å²) in [5.74, 6) is -0.279. The number of aromatic nitrogens is 1. The van der Waals surface area contributed by atoms with E-state index in [9.17, 15) is 4.79 Å². The van der Waals surface area contributed by atoms with Crippen molar-refractivity contribution in [1.82, 2.24) is 10.3 Å². The third kappa shape index (κ3) is 2.80. The zero-order chi connectivity index (χ0) is 12.2. The SMILES string of the molecule is CCOC(=O)C(C)(NC(C)C)c1nccs1. The molecule has 0 saturated heterocycles. The minimum absolute atomic E-state index is 0.179. The third-order valence-corrected chi connectivity index (χ3v) is 3.12. The van der Waals surface area contributed by atoms with Crippen LogP contribution in [0, 0.1) is 0 Å². The molecule has 0 fully saturated rings. The molecule has 0 aliphatic heterocycles. The Labute approximate surface area is 100 Å². The van der Waals surface area contributed by atoms with Crippen LogP contribution in [-0.2, 0) is 15.1 Å². The van der Waals surface area contributed by atoms with Gasteiger partial charge in [-0.25, -0.2) is 9.78 Å². The normalized spacial score (nSPS) is 14.8. The van der Waals surface area contributed by atoms with Gasteiger partial charge in [0.15, 0.2) is 5.54 Å². The second kappa shape index (κ2) is 5.41. The van der Waals surface area contributed by atoms with Crippen LogP contribution in [0.25, 0.3) is 0 Å². The molecule has 0 spiro atoms. The number of carbonyl (C=O) groups is 1. The van der Waals surface area contributed by atoms with E-state index in [0.29, 0.717) is 6.61 Å². The summed E-state index contributed by atoms with van der Waals surface area (Å²) in [4.78, 5) is 16.2. The van der Waals surface area contributed by atoms with Crippen LogP contribution in [0.2, 0.25) is 0 Å². The molecule has 1 aromatic heterocycles. The van der Waals surface area contributed by atoms with E-state index >= 15 is 0 Å². The van der Waals surface area contributed by atoms with Crippen LogP contribution in [0.3, 0.4) is 0 Å². The van der Waals surface area contributed by atoms with Gasteiger partial charge in [0.1, 0.15) is 5.01 Å². The van der Waals surface area contributed by atoms with Gasteiger partial charge in [-0.1, -0.05) is 0 Å². The van der Waals surface area contributed by atoms with Crippen LogP contribution in [0.4, 0.5) is 0 Å². The number of rotatable bonds is 5. The van der Waals surface area contributed by atoms with Gasteiger partial charge >= 0.3 is 5.97 Å². The smallest absolute Gasteiger partial charge is 0.333 e. The summed E-state index contributed by atoms with van der Waals surface area (Å²) in [5.41, 5.74) is -0.849. The van der Waals surface area contributed by atoms with E-state index < -0.39 is 5.54 Å². The average Bonchev–Trinajstić information content (AvgIpc) is 2.69. The number of hydrogen-bond acceptors (Lipinski definition) is 5. The molecule has 16 heavy (non-hydrogen) atoms. The van der Waals surface area contributed by atoms with Crippen LogP contribution < -0.4 is 5.32 Å². The Balaban J connectivity index is 2.97. The Kier molecular flexibility index (Phi) is 4.44. The molecular weight excluding hydrogens is 224 g/mol. The second-order valence-corrected chi connectivity index (χ2v) is 4.88. The van der Waals surface area contributed by atoms with Gasteiger partial charge in [0, 0.05) is 17.6 Å². The van der Waals surface area contributed by atoms with Gasteiger partial charge in [-0.3, -0.25) is 5.32 Å².